The van der Waals surface area contributed by atoms with Gasteiger partial charge in [0.2, 0.25) is 0 Å². The minimum atomic E-state index is 0.0945. The van der Waals surface area contributed by atoms with Crippen LogP contribution in [-0.4, -0.2) is 18.3 Å². The van der Waals surface area contributed by atoms with Crippen LogP contribution in [-0.2, 0) is 0 Å². The van der Waals surface area contributed by atoms with Gasteiger partial charge in [-0.3, -0.25) is 0 Å². The van der Waals surface area contributed by atoms with Crippen LogP contribution in [0.3, 0.4) is 0 Å². The molecule has 1 aromatic rings. The predicted octanol–water partition coefficient (Wildman–Crippen LogP) is 2.41. The van der Waals surface area contributed by atoms with Crippen LogP contribution in [0.4, 0.5) is 0 Å². The molecule has 0 aliphatic rings. The summed E-state index contributed by atoms with van der Waals surface area (Å²) < 4.78 is 5.50. The summed E-state index contributed by atoms with van der Waals surface area (Å²) in [7, 11) is 0. The highest BCUT2D eigenvalue weighted by Gasteiger charge is 2.05. The van der Waals surface area contributed by atoms with E-state index in [-0.39, 0.29) is 6.61 Å². The smallest absolute Gasteiger partial charge is 0.119 e. The van der Waals surface area contributed by atoms with Gasteiger partial charge in [0.05, 0.1) is 13.2 Å². The Bertz CT molecular complexity index is 271. The third-order valence-corrected chi connectivity index (χ3v) is 2.04. The molecule has 1 aromatic carbocycles. The summed E-state index contributed by atoms with van der Waals surface area (Å²) in [4.78, 5) is 0. The first kappa shape index (κ1) is 11.1. The molecule has 1 N–H and O–H groups in total. The monoisotopic (exact) mass is 193 g/mol. The fourth-order valence-electron chi connectivity index (χ4n) is 1.16. The van der Waals surface area contributed by atoms with E-state index in [0.717, 1.165) is 30.3 Å². The van der Waals surface area contributed by atoms with Crippen molar-refractivity contribution in [2.24, 2.45) is 0 Å². The zero-order chi connectivity index (χ0) is 10.4. The Labute approximate surface area is 85.5 Å². The van der Waals surface area contributed by atoms with Gasteiger partial charge in [-0.2, -0.15) is 0 Å². The number of benzene rings is 1. The van der Waals surface area contributed by atoms with Crippen LogP contribution in [0.15, 0.2) is 24.3 Å². The lowest BCUT2D eigenvalue weighted by atomic mass is 10.0. The lowest BCUT2D eigenvalue weighted by Crippen LogP contribution is -2.01. The molecule has 0 spiro atoms. The van der Waals surface area contributed by atoms with Crippen LogP contribution < -0.4 is 4.74 Å². The summed E-state index contributed by atoms with van der Waals surface area (Å²) in [6.07, 6.45) is 1.01. The van der Waals surface area contributed by atoms with Crippen LogP contribution in [0.5, 0.6) is 5.75 Å². The van der Waals surface area contributed by atoms with Crippen molar-refractivity contribution in [1.29, 1.82) is 0 Å². The van der Waals surface area contributed by atoms with Crippen molar-refractivity contribution in [3.63, 3.8) is 0 Å². The SMILES string of the molecule is CCCOc1cccc([C](C)CO)c1. The largest absolute Gasteiger partial charge is 0.494 e. The van der Waals surface area contributed by atoms with Crippen LogP contribution in [0.2, 0.25) is 0 Å². The molecule has 0 unspecified atom stereocenters. The molecule has 0 amide bonds. The molecular formula is C12H17O2. The van der Waals surface area contributed by atoms with Crippen molar-refractivity contribution < 1.29 is 9.84 Å². The highest BCUT2D eigenvalue weighted by Crippen LogP contribution is 2.19. The van der Waals surface area contributed by atoms with Crippen LogP contribution in [0.1, 0.15) is 25.8 Å². The summed E-state index contributed by atoms with van der Waals surface area (Å²) in [5.41, 5.74) is 1.04. The van der Waals surface area contributed by atoms with E-state index in [1.807, 2.05) is 31.2 Å². The molecule has 2 heteroatoms. The maximum atomic E-state index is 8.98. The van der Waals surface area contributed by atoms with Crippen molar-refractivity contribution in [2.45, 2.75) is 20.3 Å². The van der Waals surface area contributed by atoms with Gasteiger partial charge in [0, 0.05) is 5.92 Å². The van der Waals surface area contributed by atoms with Crippen LogP contribution >= 0.6 is 0 Å². The minimum absolute atomic E-state index is 0.0945. The summed E-state index contributed by atoms with van der Waals surface area (Å²) in [6.45, 7) is 4.83. The van der Waals surface area contributed by atoms with Crippen LogP contribution in [0.25, 0.3) is 0 Å². The first-order valence-electron chi connectivity index (χ1n) is 4.94. The molecule has 0 heterocycles. The Morgan fingerprint density at radius 3 is 2.86 bits per heavy atom. The Hall–Kier alpha value is -1.02. The predicted molar refractivity (Wildman–Crippen MR) is 57.3 cm³/mol. The van der Waals surface area contributed by atoms with Gasteiger partial charge in [-0.1, -0.05) is 26.0 Å². The lowest BCUT2D eigenvalue weighted by molar-refractivity contribution is 0.311. The number of hydrogen-bond acceptors (Lipinski definition) is 2. The van der Waals surface area contributed by atoms with E-state index in [2.05, 4.69) is 6.92 Å². The van der Waals surface area contributed by atoms with Crippen LogP contribution in [0, 0.1) is 5.92 Å². The second-order valence-corrected chi connectivity index (χ2v) is 3.31. The van der Waals surface area contributed by atoms with Gasteiger partial charge in [0.25, 0.3) is 0 Å². The zero-order valence-corrected chi connectivity index (χ0v) is 8.79. The Morgan fingerprint density at radius 2 is 2.21 bits per heavy atom. The van der Waals surface area contributed by atoms with Gasteiger partial charge < -0.3 is 9.84 Å². The summed E-state index contributed by atoms with van der Waals surface area (Å²) in [5, 5.41) is 8.98. The molecule has 1 radical (unpaired) electrons. The van der Waals surface area contributed by atoms with E-state index in [4.69, 9.17) is 9.84 Å². The first-order valence-corrected chi connectivity index (χ1v) is 4.94. The second kappa shape index (κ2) is 5.66. The average Bonchev–Trinajstić information content (AvgIpc) is 2.25. The van der Waals surface area contributed by atoms with Crippen molar-refractivity contribution >= 4 is 0 Å². The number of aliphatic hydroxyl groups excluding tert-OH is 1. The van der Waals surface area contributed by atoms with E-state index < -0.39 is 0 Å². The van der Waals surface area contributed by atoms with Crippen molar-refractivity contribution in [3.8, 4) is 5.75 Å². The Kier molecular flexibility index (Phi) is 4.47. The lowest BCUT2D eigenvalue weighted by Gasteiger charge is -2.10. The molecule has 0 aromatic heterocycles. The Balaban J connectivity index is 2.68. The molecule has 0 atom stereocenters. The Morgan fingerprint density at radius 1 is 1.43 bits per heavy atom. The normalized spacial score (nSPS) is 10.6. The van der Waals surface area contributed by atoms with E-state index in [0.29, 0.717) is 0 Å². The van der Waals surface area contributed by atoms with Gasteiger partial charge in [-0.15, -0.1) is 0 Å². The average molecular weight is 193 g/mol. The number of ether oxygens (including phenoxy) is 1. The van der Waals surface area contributed by atoms with Crippen molar-refractivity contribution in [2.75, 3.05) is 13.2 Å². The van der Waals surface area contributed by atoms with Gasteiger partial charge >= 0.3 is 0 Å². The fourth-order valence-corrected chi connectivity index (χ4v) is 1.16. The van der Waals surface area contributed by atoms with Gasteiger partial charge in [0.1, 0.15) is 5.75 Å². The molecule has 0 saturated heterocycles. The summed E-state index contributed by atoms with van der Waals surface area (Å²) >= 11 is 0. The maximum absolute atomic E-state index is 8.98. The standard InChI is InChI=1S/C12H17O2/c1-3-7-14-12-6-4-5-11(8-12)10(2)9-13/h4-6,8,13H,3,7,9H2,1-2H3. The van der Waals surface area contributed by atoms with Crippen molar-refractivity contribution in [3.05, 3.63) is 35.7 Å². The maximum Gasteiger partial charge on any atom is 0.119 e. The summed E-state index contributed by atoms with van der Waals surface area (Å²) in [5.74, 6) is 1.84. The number of rotatable bonds is 5. The van der Waals surface area contributed by atoms with Crippen molar-refractivity contribution in [1.82, 2.24) is 0 Å². The highest BCUT2D eigenvalue weighted by atomic mass is 16.5. The molecule has 0 aliphatic heterocycles. The number of aliphatic hydroxyl groups is 1. The number of hydrogen-bond donors (Lipinski definition) is 1. The molecule has 77 valence electrons. The molecule has 0 fully saturated rings. The molecule has 14 heavy (non-hydrogen) atoms. The quantitative estimate of drug-likeness (QED) is 0.778. The minimum Gasteiger partial charge on any atom is -0.494 e. The molecule has 0 aliphatic carbocycles. The van der Waals surface area contributed by atoms with E-state index in [1.165, 1.54) is 0 Å². The van der Waals surface area contributed by atoms with Gasteiger partial charge in [-0.05, 0) is 24.1 Å². The molecule has 0 bridgehead atoms. The van der Waals surface area contributed by atoms with E-state index in [9.17, 15) is 0 Å². The third kappa shape index (κ3) is 3.04. The van der Waals surface area contributed by atoms with E-state index in [1.54, 1.807) is 0 Å². The second-order valence-electron chi connectivity index (χ2n) is 3.31. The highest BCUT2D eigenvalue weighted by molar-refractivity contribution is 5.36. The molecule has 1 rings (SSSR count). The van der Waals surface area contributed by atoms with E-state index >= 15 is 0 Å². The first-order chi connectivity index (χ1) is 6.77. The zero-order valence-electron chi connectivity index (χ0n) is 8.79. The molecular weight excluding hydrogens is 176 g/mol. The summed E-state index contributed by atoms with van der Waals surface area (Å²) in [6, 6.07) is 7.81. The molecule has 2 nitrogen and oxygen atoms in total. The van der Waals surface area contributed by atoms with Gasteiger partial charge in [-0.25, -0.2) is 0 Å². The fraction of sp³-hybridized carbons (Fsp3) is 0.417. The third-order valence-electron chi connectivity index (χ3n) is 2.04. The topological polar surface area (TPSA) is 29.5 Å². The van der Waals surface area contributed by atoms with Gasteiger partial charge in [0.15, 0.2) is 0 Å². The molecule has 0 saturated carbocycles.